The van der Waals surface area contributed by atoms with Crippen LogP contribution in [0.2, 0.25) is 0 Å². The number of rotatable bonds is 6. The Morgan fingerprint density at radius 1 is 1.10 bits per heavy atom. The highest BCUT2D eigenvalue weighted by Crippen LogP contribution is 2.47. The van der Waals surface area contributed by atoms with Gasteiger partial charge in [0.05, 0.1) is 19.3 Å². The normalized spacial score (nSPS) is 28.5. The van der Waals surface area contributed by atoms with Crippen molar-refractivity contribution < 1.29 is 14.3 Å². The van der Waals surface area contributed by atoms with Crippen molar-refractivity contribution in [2.45, 2.75) is 56.0 Å². The number of fused-ring (bicyclic) bond motifs is 1. The Morgan fingerprint density at radius 2 is 1.83 bits per heavy atom. The minimum Gasteiger partial charge on any atom is -0.379 e. The second-order valence-electron chi connectivity index (χ2n) is 9.29. The van der Waals surface area contributed by atoms with E-state index in [9.17, 15) is 9.59 Å². The van der Waals surface area contributed by atoms with Crippen molar-refractivity contribution in [3.63, 3.8) is 0 Å². The number of hydrogen-bond acceptors (Lipinski definition) is 4. The second-order valence-corrected chi connectivity index (χ2v) is 9.29. The fourth-order valence-corrected chi connectivity index (χ4v) is 5.83. The molecule has 30 heavy (non-hydrogen) atoms. The number of morpholine rings is 1. The van der Waals surface area contributed by atoms with Crippen molar-refractivity contribution in [2.24, 2.45) is 5.73 Å². The second kappa shape index (κ2) is 7.85. The molecule has 1 aromatic carbocycles. The Labute approximate surface area is 178 Å². The molecular weight excluding hydrogens is 380 g/mol. The maximum atomic E-state index is 13.0. The molecule has 1 aliphatic carbocycles. The van der Waals surface area contributed by atoms with Crippen LogP contribution >= 0.6 is 0 Å². The maximum Gasteiger partial charge on any atom is 0.325 e. The minimum atomic E-state index is -0.565. The Bertz CT molecular complexity index is 801. The summed E-state index contributed by atoms with van der Waals surface area (Å²) in [4.78, 5) is 31.1. The molecule has 7 heteroatoms. The fraction of sp³-hybridized carbons (Fsp3) is 0.652. The molecule has 4 aliphatic rings. The Balaban J connectivity index is 1.33. The Hall–Kier alpha value is -2.12. The minimum absolute atomic E-state index is 0.0822. The van der Waals surface area contributed by atoms with Crippen molar-refractivity contribution in [1.29, 1.82) is 0 Å². The summed E-state index contributed by atoms with van der Waals surface area (Å²) in [6, 6.07) is 7.64. The summed E-state index contributed by atoms with van der Waals surface area (Å²) in [5.41, 5.74) is 8.09. The third-order valence-electron chi connectivity index (χ3n) is 7.76. The monoisotopic (exact) mass is 412 g/mol. The number of amides is 3. The zero-order chi connectivity index (χ0) is 20.7. The van der Waals surface area contributed by atoms with Gasteiger partial charge in [-0.1, -0.05) is 18.6 Å². The molecule has 162 valence electrons. The Morgan fingerprint density at radius 3 is 2.47 bits per heavy atom. The first kappa shape index (κ1) is 19.8. The predicted molar refractivity (Wildman–Crippen MR) is 114 cm³/mol. The molecular formula is C23H32N4O3. The number of nitrogens with zero attached hydrogens (tertiary/aromatic N) is 3. The van der Waals surface area contributed by atoms with Gasteiger partial charge in [-0.15, -0.1) is 0 Å². The van der Waals surface area contributed by atoms with Crippen LogP contribution < -0.4 is 10.6 Å². The average molecular weight is 413 g/mol. The van der Waals surface area contributed by atoms with Gasteiger partial charge in [0.15, 0.2) is 0 Å². The average Bonchev–Trinajstić information content (AvgIpc) is 3.30. The van der Waals surface area contributed by atoms with Crippen LogP contribution in [0.25, 0.3) is 0 Å². The van der Waals surface area contributed by atoms with Gasteiger partial charge in [-0.25, -0.2) is 4.79 Å². The quantitative estimate of drug-likeness (QED) is 0.776. The molecule has 1 aromatic rings. The van der Waals surface area contributed by atoms with Crippen LogP contribution in [0.15, 0.2) is 24.3 Å². The third-order valence-corrected chi connectivity index (χ3v) is 7.76. The summed E-state index contributed by atoms with van der Waals surface area (Å²) < 4.78 is 5.47. The summed E-state index contributed by atoms with van der Waals surface area (Å²) >= 11 is 0. The molecule has 0 bridgehead atoms. The van der Waals surface area contributed by atoms with E-state index in [1.54, 1.807) is 4.90 Å². The molecule has 3 heterocycles. The van der Waals surface area contributed by atoms with Gasteiger partial charge in [0, 0.05) is 25.3 Å². The summed E-state index contributed by atoms with van der Waals surface area (Å²) in [5.74, 6) is -0.414. The molecule has 3 amide bonds. The van der Waals surface area contributed by atoms with Crippen LogP contribution in [0.5, 0.6) is 0 Å². The van der Waals surface area contributed by atoms with E-state index in [0.717, 1.165) is 57.8 Å². The molecule has 0 radical (unpaired) electrons. The lowest BCUT2D eigenvalue weighted by atomic mass is 9.62. The summed E-state index contributed by atoms with van der Waals surface area (Å²) in [5, 5.41) is 0. The molecule has 5 rings (SSSR count). The number of carbonyl (C=O) groups is 2. The van der Waals surface area contributed by atoms with Gasteiger partial charge in [0.2, 0.25) is 5.91 Å². The van der Waals surface area contributed by atoms with E-state index in [0.29, 0.717) is 6.54 Å². The molecule has 7 nitrogen and oxygen atoms in total. The highest BCUT2D eigenvalue weighted by molar-refractivity contribution is 6.03. The predicted octanol–water partition coefficient (Wildman–Crippen LogP) is 2.09. The van der Waals surface area contributed by atoms with Crippen LogP contribution in [0.4, 0.5) is 10.5 Å². The van der Waals surface area contributed by atoms with Crippen molar-refractivity contribution in [1.82, 2.24) is 9.80 Å². The van der Waals surface area contributed by atoms with Crippen molar-refractivity contribution in [3.8, 4) is 0 Å². The topological polar surface area (TPSA) is 79.1 Å². The van der Waals surface area contributed by atoms with Crippen LogP contribution in [-0.2, 0) is 14.9 Å². The van der Waals surface area contributed by atoms with E-state index in [4.69, 9.17) is 10.5 Å². The zero-order valence-electron chi connectivity index (χ0n) is 17.6. The van der Waals surface area contributed by atoms with Gasteiger partial charge in [0.25, 0.3) is 0 Å². The largest absolute Gasteiger partial charge is 0.379 e. The molecule has 3 saturated heterocycles. The summed E-state index contributed by atoms with van der Waals surface area (Å²) in [6.07, 6.45) is 6.67. The highest BCUT2D eigenvalue weighted by Gasteiger charge is 2.51. The number of primary amides is 1. The molecule has 0 aromatic heterocycles. The summed E-state index contributed by atoms with van der Waals surface area (Å²) in [7, 11) is 0. The molecule has 2 N–H and O–H groups in total. The van der Waals surface area contributed by atoms with Crippen molar-refractivity contribution in [2.75, 3.05) is 44.3 Å². The number of nitrogens with two attached hydrogens (primary N) is 1. The van der Waals surface area contributed by atoms with Gasteiger partial charge in [-0.05, 0) is 61.8 Å². The lowest BCUT2D eigenvalue weighted by molar-refractivity contribution is -0.119. The van der Waals surface area contributed by atoms with Crippen molar-refractivity contribution >= 4 is 17.6 Å². The van der Waals surface area contributed by atoms with Gasteiger partial charge in [-0.3, -0.25) is 14.6 Å². The molecule has 3 aliphatic heterocycles. The van der Waals surface area contributed by atoms with Crippen molar-refractivity contribution in [3.05, 3.63) is 29.8 Å². The lowest BCUT2D eigenvalue weighted by Crippen LogP contribution is -2.46. The zero-order valence-corrected chi connectivity index (χ0v) is 17.6. The van der Waals surface area contributed by atoms with Gasteiger partial charge >= 0.3 is 6.03 Å². The first-order valence-corrected chi connectivity index (χ1v) is 11.4. The molecule has 1 saturated carbocycles. The first-order valence-electron chi connectivity index (χ1n) is 11.4. The van der Waals surface area contributed by atoms with Crippen LogP contribution in [0, 0.1) is 0 Å². The number of benzene rings is 1. The molecule has 1 unspecified atom stereocenters. The van der Waals surface area contributed by atoms with E-state index in [1.165, 1.54) is 24.8 Å². The first-order chi connectivity index (χ1) is 14.6. The van der Waals surface area contributed by atoms with Gasteiger partial charge < -0.3 is 15.4 Å². The maximum absolute atomic E-state index is 13.0. The standard InChI is InChI=1S/C23H32N4O3/c24-21(28)20-19-3-1-11-26(19)22(29)27(20)18-6-4-17(5-7-18)23(8-2-9-23)10-12-25-13-15-30-16-14-25/h4-7,19-20H,1-3,8-16H2,(H2,24,28)/t19-,20?/m1/s1. The van der Waals surface area contributed by atoms with E-state index in [1.807, 2.05) is 17.0 Å². The number of urea groups is 1. The van der Waals surface area contributed by atoms with Crippen LogP contribution in [0.1, 0.15) is 44.1 Å². The molecule has 2 atom stereocenters. The molecule has 0 spiro atoms. The van der Waals surface area contributed by atoms with E-state index >= 15 is 0 Å². The fourth-order valence-electron chi connectivity index (χ4n) is 5.83. The SMILES string of the molecule is NC(=O)C1[C@H]2CCCN2C(=O)N1c1ccc(C2(CCN3CCOCC3)CCC2)cc1. The van der Waals surface area contributed by atoms with Gasteiger partial charge in [-0.2, -0.15) is 0 Å². The number of anilines is 1. The van der Waals surface area contributed by atoms with E-state index in [2.05, 4.69) is 17.0 Å². The van der Waals surface area contributed by atoms with E-state index in [-0.39, 0.29) is 17.5 Å². The van der Waals surface area contributed by atoms with Crippen LogP contribution in [-0.4, -0.2) is 73.2 Å². The van der Waals surface area contributed by atoms with Crippen LogP contribution in [0.3, 0.4) is 0 Å². The molecule has 4 fully saturated rings. The Kier molecular flexibility index (Phi) is 5.19. The summed E-state index contributed by atoms with van der Waals surface area (Å²) in [6.45, 7) is 5.55. The number of carbonyl (C=O) groups excluding carboxylic acids is 2. The third kappa shape index (κ3) is 3.28. The van der Waals surface area contributed by atoms with E-state index < -0.39 is 11.9 Å². The number of ether oxygens (including phenoxy) is 1. The highest BCUT2D eigenvalue weighted by atomic mass is 16.5. The smallest absolute Gasteiger partial charge is 0.325 e. The number of hydrogen-bond donors (Lipinski definition) is 1. The van der Waals surface area contributed by atoms with Gasteiger partial charge in [0.1, 0.15) is 6.04 Å². The lowest BCUT2D eigenvalue weighted by Gasteiger charge is -2.44.